The SMILES string of the molecule is C=S(C)(=O)Nc1cnn(C(=O)N2CCN(Cc3cc(C)cc(Cl)c3)CC2)c1. The first-order valence-electron chi connectivity index (χ1n) is 8.62. The number of aromatic nitrogens is 2. The van der Waals surface area contributed by atoms with Gasteiger partial charge in [-0.05, 0) is 36.1 Å². The molecule has 1 unspecified atom stereocenters. The second kappa shape index (κ2) is 7.92. The van der Waals surface area contributed by atoms with E-state index in [9.17, 15) is 9.00 Å². The van der Waals surface area contributed by atoms with Crippen LogP contribution in [0.5, 0.6) is 0 Å². The highest BCUT2D eigenvalue weighted by Gasteiger charge is 2.23. The van der Waals surface area contributed by atoms with E-state index in [1.165, 1.54) is 28.9 Å². The molecule has 1 amide bonds. The van der Waals surface area contributed by atoms with Gasteiger partial charge in [-0.2, -0.15) is 9.78 Å². The molecule has 1 aromatic carbocycles. The van der Waals surface area contributed by atoms with E-state index in [0.29, 0.717) is 18.8 Å². The molecule has 27 heavy (non-hydrogen) atoms. The van der Waals surface area contributed by atoms with Crippen molar-refractivity contribution in [3.63, 3.8) is 0 Å². The molecule has 146 valence electrons. The molecule has 0 saturated carbocycles. The number of carbonyl (C=O) groups is 1. The topological polar surface area (TPSA) is 70.5 Å². The first-order valence-corrected chi connectivity index (χ1v) is 11.1. The Hall–Kier alpha value is -2.03. The van der Waals surface area contributed by atoms with Crippen LogP contribution in [0.3, 0.4) is 0 Å². The molecule has 1 fully saturated rings. The van der Waals surface area contributed by atoms with Crippen molar-refractivity contribution in [2.75, 3.05) is 37.2 Å². The average Bonchev–Trinajstić information content (AvgIpc) is 3.00. The number of piperazine rings is 1. The summed E-state index contributed by atoms with van der Waals surface area (Å²) in [7, 11) is -2.40. The van der Waals surface area contributed by atoms with E-state index in [0.717, 1.165) is 30.2 Å². The molecular formula is C18H24ClN5O2S. The lowest BCUT2D eigenvalue weighted by atomic mass is 10.1. The molecule has 0 bridgehead atoms. The van der Waals surface area contributed by atoms with E-state index in [4.69, 9.17) is 11.6 Å². The van der Waals surface area contributed by atoms with Gasteiger partial charge in [-0.25, -0.2) is 9.00 Å². The summed E-state index contributed by atoms with van der Waals surface area (Å²) >= 11 is 6.13. The fraction of sp³-hybridized carbons (Fsp3) is 0.389. The zero-order valence-corrected chi connectivity index (χ0v) is 17.1. The van der Waals surface area contributed by atoms with Crippen LogP contribution in [0.2, 0.25) is 5.02 Å². The molecule has 1 atom stereocenters. The van der Waals surface area contributed by atoms with Crippen molar-refractivity contribution in [3.05, 3.63) is 46.7 Å². The van der Waals surface area contributed by atoms with Crippen molar-refractivity contribution < 1.29 is 9.00 Å². The fourth-order valence-electron chi connectivity index (χ4n) is 3.13. The summed E-state index contributed by atoms with van der Waals surface area (Å²) < 4.78 is 15.7. The molecule has 1 N–H and O–H groups in total. The molecule has 0 aliphatic carbocycles. The number of anilines is 1. The van der Waals surface area contributed by atoms with E-state index in [2.05, 4.69) is 26.7 Å². The predicted molar refractivity (Wildman–Crippen MR) is 111 cm³/mol. The zero-order valence-electron chi connectivity index (χ0n) is 15.5. The van der Waals surface area contributed by atoms with Crippen LogP contribution in [0.4, 0.5) is 10.5 Å². The van der Waals surface area contributed by atoms with Gasteiger partial charge in [0.25, 0.3) is 0 Å². The van der Waals surface area contributed by atoms with Gasteiger partial charge in [0.05, 0.1) is 18.1 Å². The maximum absolute atomic E-state index is 12.6. The summed E-state index contributed by atoms with van der Waals surface area (Å²) in [6, 6.07) is 5.88. The van der Waals surface area contributed by atoms with Gasteiger partial charge < -0.3 is 9.62 Å². The minimum absolute atomic E-state index is 0.187. The van der Waals surface area contributed by atoms with Crippen LogP contribution in [0.15, 0.2) is 30.6 Å². The van der Waals surface area contributed by atoms with Crippen LogP contribution < -0.4 is 4.72 Å². The summed E-state index contributed by atoms with van der Waals surface area (Å²) in [4.78, 5) is 16.7. The molecule has 2 aromatic rings. The van der Waals surface area contributed by atoms with Crippen LogP contribution in [-0.2, 0) is 16.3 Å². The van der Waals surface area contributed by atoms with Gasteiger partial charge in [-0.15, -0.1) is 0 Å². The summed E-state index contributed by atoms with van der Waals surface area (Å²) in [6.45, 7) is 5.66. The van der Waals surface area contributed by atoms with E-state index >= 15 is 0 Å². The molecule has 1 aromatic heterocycles. The third-order valence-electron chi connectivity index (χ3n) is 4.26. The molecule has 1 aliphatic heterocycles. The number of nitrogens with zero attached hydrogens (tertiary/aromatic N) is 4. The van der Waals surface area contributed by atoms with Crippen molar-refractivity contribution in [3.8, 4) is 0 Å². The number of benzene rings is 1. The van der Waals surface area contributed by atoms with Crippen LogP contribution in [0.1, 0.15) is 11.1 Å². The highest BCUT2D eigenvalue weighted by atomic mass is 35.5. The van der Waals surface area contributed by atoms with Gasteiger partial charge >= 0.3 is 6.03 Å². The maximum Gasteiger partial charge on any atom is 0.344 e. The number of aryl methyl sites for hydroxylation is 1. The maximum atomic E-state index is 12.6. The van der Waals surface area contributed by atoms with Crippen LogP contribution in [0.25, 0.3) is 0 Å². The number of carbonyl (C=O) groups excluding carboxylic acids is 1. The zero-order chi connectivity index (χ0) is 19.6. The Morgan fingerprint density at radius 1 is 1.30 bits per heavy atom. The number of amides is 1. The fourth-order valence-corrected chi connectivity index (χ4v) is 4.05. The number of rotatable bonds is 4. The van der Waals surface area contributed by atoms with Crippen LogP contribution in [0, 0.1) is 6.92 Å². The Balaban J connectivity index is 1.56. The van der Waals surface area contributed by atoms with E-state index in [1.54, 1.807) is 4.90 Å². The molecule has 1 saturated heterocycles. The normalized spacial score (nSPS) is 17.5. The van der Waals surface area contributed by atoms with E-state index < -0.39 is 9.71 Å². The second-order valence-corrected chi connectivity index (χ2v) is 9.61. The monoisotopic (exact) mass is 409 g/mol. The quantitative estimate of drug-likeness (QED) is 0.786. The summed E-state index contributed by atoms with van der Waals surface area (Å²) in [6.07, 6.45) is 4.51. The second-order valence-electron chi connectivity index (χ2n) is 6.96. The van der Waals surface area contributed by atoms with E-state index in [1.807, 2.05) is 19.1 Å². The van der Waals surface area contributed by atoms with Gasteiger partial charge in [-0.1, -0.05) is 17.7 Å². The van der Waals surface area contributed by atoms with Gasteiger partial charge in [0.2, 0.25) is 0 Å². The lowest BCUT2D eigenvalue weighted by molar-refractivity contribution is 0.134. The van der Waals surface area contributed by atoms with Crippen molar-refractivity contribution in [1.82, 2.24) is 19.6 Å². The first kappa shape index (κ1) is 19.7. The van der Waals surface area contributed by atoms with Crippen molar-refractivity contribution in [1.29, 1.82) is 0 Å². The first-order chi connectivity index (χ1) is 12.7. The molecule has 0 spiro atoms. The summed E-state index contributed by atoms with van der Waals surface area (Å²) in [5, 5.41) is 4.81. The van der Waals surface area contributed by atoms with Crippen molar-refractivity contribution >= 4 is 38.9 Å². The molecule has 3 rings (SSSR count). The highest BCUT2D eigenvalue weighted by Crippen LogP contribution is 2.17. The van der Waals surface area contributed by atoms with Crippen LogP contribution in [-0.4, -0.2) is 68.1 Å². The largest absolute Gasteiger partial charge is 0.344 e. The lowest BCUT2D eigenvalue weighted by Gasteiger charge is -2.34. The molecule has 2 heterocycles. The van der Waals surface area contributed by atoms with Gasteiger partial charge in [0.15, 0.2) is 0 Å². The number of nitrogens with one attached hydrogen (secondary N) is 1. The molecule has 7 nitrogen and oxygen atoms in total. The highest BCUT2D eigenvalue weighted by molar-refractivity contribution is 8.00. The third-order valence-corrected chi connectivity index (χ3v) is 5.15. The Bertz CT molecular complexity index is 913. The minimum Gasteiger partial charge on any atom is -0.320 e. The number of hydrogen-bond acceptors (Lipinski definition) is 4. The summed E-state index contributed by atoms with van der Waals surface area (Å²) in [5.74, 6) is 3.53. The smallest absolute Gasteiger partial charge is 0.320 e. The van der Waals surface area contributed by atoms with Gasteiger partial charge in [0, 0.05) is 53.7 Å². The van der Waals surface area contributed by atoms with Gasteiger partial charge in [-0.3, -0.25) is 4.90 Å². The molecule has 1 aliphatic rings. The standard InChI is InChI=1S/C18H24ClN5O2S/c1-14-8-15(10-16(19)9-14)12-22-4-6-23(7-5-22)18(25)24-13-17(11-20-24)21-27(2,3)26/h8-11,13H,2,4-7,12H2,1,3H3,(H,21,26). The van der Waals surface area contributed by atoms with Gasteiger partial charge in [0.1, 0.15) is 0 Å². The van der Waals surface area contributed by atoms with E-state index in [-0.39, 0.29) is 6.03 Å². The molecule has 9 heteroatoms. The van der Waals surface area contributed by atoms with Crippen molar-refractivity contribution in [2.45, 2.75) is 13.5 Å². The molecule has 0 radical (unpaired) electrons. The average molecular weight is 410 g/mol. The van der Waals surface area contributed by atoms with Crippen LogP contribution >= 0.6 is 11.6 Å². The Morgan fingerprint density at radius 2 is 2.00 bits per heavy atom. The minimum atomic E-state index is -2.40. The number of halogens is 1. The third kappa shape index (κ3) is 5.47. The lowest BCUT2D eigenvalue weighted by Crippen LogP contribution is -2.49. The summed E-state index contributed by atoms with van der Waals surface area (Å²) in [5.41, 5.74) is 2.84. The molecular weight excluding hydrogens is 386 g/mol. The Labute approximate surface area is 165 Å². The van der Waals surface area contributed by atoms with Crippen molar-refractivity contribution in [2.24, 2.45) is 0 Å². The predicted octanol–water partition coefficient (Wildman–Crippen LogP) is 2.30. The Kier molecular flexibility index (Phi) is 5.78. The Morgan fingerprint density at radius 3 is 2.63 bits per heavy atom. The number of hydrogen-bond donors (Lipinski definition) is 1.